The highest BCUT2D eigenvalue weighted by molar-refractivity contribution is 5.96. The lowest BCUT2D eigenvalue weighted by Gasteiger charge is -2.27. The quantitative estimate of drug-likeness (QED) is 0.833. The van der Waals surface area contributed by atoms with Crippen molar-refractivity contribution in [2.24, 2.45) is 5.92 Å². The number of likely N-dealkylation sites (tertiary alicyclic amines) is 1. The van der Waals surface area contributed by atoms with Gasteiger partial charge in [-0.1, -0.05) is 18.2 Å². The minimum Gasteiger partial charge on any atom is -0.469 e. The van der Waals surface area contributed by atoms with Crippen LogP contribution >= 0.6 is 0 Å². The zero-order chi connectivity index (χ0) is 17.8. The molecule has 3 rings (SSSR count). The fourth-order valence-electron chi connectivity index (χ4n) is 3.49. The Bertz CT molecular complexity index is 758. The fraction of sp³-hybridized carbons (Fsp3) is 0.474. The maximum absolute atomic E-state index is 12.3. The summed E-state index contributed by atoms with van der Waals surface area (Å²) in [6.07, 6.45) is 1.60. The number of benzene rings is 1. The number of nitrogens with one attached hydrogen (secondary N) is 1. The second kappa shape index (κ2) is 7.70. The van der Waals surface area contributed by atoms with Crippen LogP contribution in [0.1, 0.15) is 35.9 Å². The minimum absolute atomic E-state index is 0.0145. The Hall–Kier alpha value is -2.34. The molecule has 0 bridgehead atoms. The van der Waals surface area contributed by atoms with Crippen LogP contribution in [0.5, 0.6) is 0 Å². The molecule has 0 aliphatic carbocycles. The molecule has 1 saturated heterocycles. The van der Waals surface area contributed by atoms with E-state index < -0.39 is 5.97 Å². The molecule has 0 atom stereocenters. The monoisotopic (exact) mass is 346 g/mol. The Labute approximate surface area is 146 Å². The predicted octanol–water partition coefficient (Wildman–Crippen LogP) is 1.58. The first-order chi connectivity index (χ1) is 12.1. The molecule has 2 heterocycles. The molecule has 1 aromatic carbocycles. The molecule has 0 saturated carbocycles. The molecular formula is C19H24NO5+. The summed E-state index contributed by atoms with van der Waals surface area (Å²) in [5.41, 5.74) is 1.59. The van der Waals surface area contributed by atoms with Gasteiger partial charge in [-0.05, 0) is 13.0 Å². The molecule has 1 N–H and O–H groups in total. The number of hydrogen-bond donors (Lipinski definition) is 1. The zero-order valence-electron chi connectivity index (χ0n) is 14.7. The Morgan fingerprint density at radius 3 is 2.64 bits per heavy atom. The summed E-state index contributed by atoms with van der Waals surface area (Å²) < 4.78 is 15.8. The van der Waals surface area contributed by atoms with Crippen LogP contribution in [0.4, 0.5) is 0 Å². The maximum atomic E-state index is 12.3. The number of piperidine rings is 1. The van der Waals surface area contributed by atoms with Crippen molar-refractivity contribution in [3.05, 3.63) is 35.6 Å². The molecule has 6 nitrogen and oxygen atoms in total. The van der Waals surface area contributed by atoms with E-state index in [1.165, 1.54) is 12.0 Å². The largest absolute Gasteiger partial charge is 0.469 e. The fourth-order valence-corrected chi connectivity index (χ4v) is 3.49. The summed E-state index contributed by atoms with van der Waals surface area (Å²) in [5.74, 6) is -0.261. The van der Waals surface area contributed by atoms with Gasteiger partial charge < -0.3 is 18.8 Å². The standard InChI is InChI=1S/C19H23NO5/c1-3-24-19(22)17-15(14-6-4-5-7-16(14)25-17)12-20-10-8-13(9-11-20)18(21)23-2/h4-7,13H,3,8-12H2,1-2H3/p+1. The van der Waals surface area contributed by atoms with Crippen molar-refractivity contribution in [1.29, 1.82) is 0 Å². The van der Waals surface area contributed by atoms with Gasteiger partial charge in [0.15, 0.2) is 0 Å². The van der Waals surface area contributed by atoms with Gasteiger partial charge in [-0.15, -0.1) is 0 Å². The third kappa shape index (κ3) is 3.69. The van der Waals surface area contributed by atoms with Crippen LogP contribution in [0.3, 0.4) is 0 Å². The van der Waals surface area contributed by atoms with Crippen molar-refractivity contribution in [3.8, 4) is 0 Å². The molecule has 0 amide bonds. The SMILES string of the molecule is CCOC(=O)c1oc2ccccc2c1C[NH+]1CCC(C(=O)OC)CC1. The molecule has 2 aromatic rings. The average molecular weight is 346 g/mol. The van der Waals surface area contributed by atoms with Crippen LogP contribution in [0.15, 0.2) is 28.7 Å². The van der Waals surface area contributed by atoms with Crippen LogP contribution in [0.2, 0.25) is 0 Å². The highest BCUT2D eigenvalue weighted by Crippen LogP contribution is 2.26. The summed E-state index contributed by atoms with van der Waals surface area (Å²) in [6.45, 7) is 4.50. The molecule has 0 unspecified atom stereocenters. The Morgan fingerprint density at radius 1 is 1.24 bits per heavy atom. The second-order valence-electron chi connectivity index (χ2n) is 6.35. The number of esters is 2. The van der Waals surface area contributed by atoms with Gasteiger partial charge in [-0.25, -0.2) is 4.79 Å². The molecule has 1 aliphatic rings. The zero-order valence-corrected chi connectivity index (χ0v) is 14.7. The van der Waals surface area contributed by atoms with Crippen molar-refractivity contribution >= 4 is 22.9 Å². The predicted molar refractivity (Wildman–Crippen MR) is 91.3 cm³/mol. The van der Waals surface area contributed by atoms with Crippen LogP contribution < -0.4 is 4.90 Å². The molecule has 1 fully saturated rings. The first kappa shape index (κ1) is 17.5. The number of furan rings is 1. The van der Waals surface area contributed by atoms with Crippen LogP contribution in [0, 0.1) is 5.92 Å². The third-order valence-corrected chi connectivity index (χ3v) is 4.81. The number of quaternary nitrogens is 1. The van der Waals surface area contributed by atoms with E-state index in [9.17, 15) is 9.59 Å². The molecule has 0 radical (unpaired) electrons. The van der Waals surface area contributed by atoms with Gasteiger partial charge in [-0.2, -0.15) is 0 Å². The first-order valence-electron chi connectivity index (χ1n) is 8.73. The third-order valence-electron chi connectivity index (χ3n) is 4.81. The molecule has 25 heavy (non-hydrogen) atoms. The molecule has 6 heteroatoms. The second-order valence-corrected chi connectivity index (χ2v) is 6.35. The summed E-state index contributed by atoms with van der Waals surface area (Å²) in [7, 11) is 1.44. The summed E-state index contributed by atoms with van der Waals surface area (Å²) in [6, 6.07) is 7.66. The van der Waals surface area contributed by atoms with Crippen molar-refractivity contribution in [2.45, 2.75) is 26.3 Å². The Morgan fingerprint density at radius 2 is 1.96 bits per heavy atom. The van der Waals surface area contributed by atoms with E-state index in [0.29, 0.717) is 24.5 Å². The van der Waals surface area contributed by atoms with E-state index in [0.717, 1.165) is 36.9 Å². The first-order valence-corrected chi connectivity index (χ1v) is 8.73. The number of carbonyl (C=O) groups excluding carboxylic acids is 2. The normalized spacial score (nSPS) is 20.4. The molecule has 1 aliphatic heterocycles. The number of ether oxygens (including phenoxy) is 2. The highest BCUT2D eigenvalue weighted by Gasteiger charge is 2.30. The van der Waals surface area contributed by atoms with E-state index in [4.69, 9.17) is 13.9 Å². The van der Waals surface area contributed by atoms with E-state index >= 15 is 0 Å². The lowest BCUT2D eigenvalue weighted by atomic mass is 9.96. The van der Waals surface area contributed by atoms with Crippen LogP contribution in [0.25, 0.3) is 11.0 Å². The number of hydrogen-bond acceptors (Lipinski definition) is 5. The molecule has 134 valence electrons. The smallest absolute Gasteiger partial charge is 0.374 e. The number of carbonyl (C=O) groups is 2. The van der Waals surface area contributed by atoms with Gasteiger partial charge in [0.05, 0.1) is 38.3 Å². The summed E-state index contributed by atoms with van der Waals surface area (Å²) in [4.78, 5) is 25.3. The van der Waals surface area contributed by atoms with Gasteiger partial charge in [0.1, 0.15) is 12.1 Å². The number of para-hydroxylation sites is 1. The van der Waals surface area contributed by atoms with Crippen molar-refractivity contribution in [2.75, 3.05) is 26.8 Å². The van der Waals surface area contributed by atoms with E-state index in [-0.39, 0.29) is 11.9 Å². The Balaban J connectivity index is 1.80. The van der Waals surface area contributed by atoms with Crippen molar-refractivity contribution < 1.29 is 28.4 Å². The lowest BCUT2D eigenvalue weighted by Crippen LogP contribution is -3.11. The van der Waals surface area contributed by atoms with Gasteiger partial charge >= 0.3 is 11.9 Å². The van der Waals surface area contributed by atoms with Gasteiger partial charge in [0.25, 0.3) is 0 Å². The summed E-state index contributed by atoms with van der Waals surface area (Å²) >= 11 is 0. The molecule has 0 spiro atoms. The number of rotatable bonds is 5. The van der Waals surface area contributed by atoms with E-state index in [1.807, 2.05) is 24.3 Å². The van der Waals surface area contributed by atoms with Gasteiger partial charge in [0, 0.05) is 18.2 Å². The topological polar surface area (TPSA) is 70.2 Å². The van der Waals surface area contributed by atoms with Crippen molar-refractivity contribution in [1.82, 2.24) is 0 Å². The molecule has 1 aromatic heterocycles. The van der Waals surface area contributed by atoms with E-state index in [1.54, 1.807) is 6.92 Å². The number of methoxy groups -OCH3 is 1. The van der Waals surface area contributed by atoms with Gasteiger partial charge in [-0.3, -0.25) is 4.79 Å². The maximum Gasteiger partial charge on any atom is 0.374 e. The van der Waals surface area contributed by atoms with E-state index in [2.05, 4.69) is 0 Å². The Kier molecular flexibility index (Phi) is 5.38. The van der Waals surface area contributed by atoms with Crippen molar-refractivity contribution in [3.63, 3.8) is 0 Å². The van der Waals surface area contributed by atoms with Gasteiger partial charge in [0.2, 0.25) is 5.76 Å². The number of fused-ring (bicyclic) bond motifs is 1. The van der Waals surface area contributed by atoms with Crippen LogP contribution in [-0.2, 0) is 20.8 Å². The molecular weight excluding hydrogens is 322 g/mol. The average Bonchev–Trinajstić information content (AvgIpc) is 3.01. The highest BCUT2D eigenvalue weighted by atomic mass is 16.5. The lowest BCUT2D eigenvalue weighted by molar-refractivity contribution is -0.919. The minimum atomic E-state index is -0.419. The summed E-state index contributed by atoms with van der Waals surface area (Å²) in [5, 5.41) is 0.952. The van der Waals surface area contributed by atoms with Crippen LogP contribution in [-0.4, -0.2) is 38.7 Å².